The molecule has 0 bridgehead atoms. The fourth-order valence-electron chi connectivity index (χ4n) is 4.43. The Kier molecular flexibility index (Phi) is 8.97. The van der Waals surface area contributed by atoms with Crippen molar-refractivity contribution < 1.29 is 23.7 Å². The van der Waals surface area contributed by atoms with Crippen LogP contribution in [0, 0.1) is 0 Å². The van der Waals surface area contributed by atoms with Gasteiger partial charge in [0.25, 0.3) is 0 Å². The molecule has 1 fully saturated rings. The van der Waals surface area contributed by atoms with Gasteiger partial charge in [-0.3, -0.25) is 9.69 Å². The highest BCUT2D eigenvalue weighted by molar-refractivity contribution is 5.76. The van der Waals surface area contributed by atoms with E-state index in [1.165, 1.54) is 5.56 Å². The van der Waals surface area contributed by atoms with Crippen LogP contribution in [0.4, 0.5) is 0 Å². The molecule has 0 radical (unpaired) electrons. The van der Waals surface area contributed by atoms with E-state index in [-0.39, 0.29) is 18.1 Å². The average molecular weight is 457 g/mol. The molecule has 2 aromatic carbocycles. The molecule has 0 saturated carbocycles. The zero-order valence-corrected chi connectivity index (χ0v) is 20.3. The Morgan fingerprint density at radius 2 is 1.61 bits per heavy atom. The molecule has 1 saturated heterocycles. The van der Waals surface area contributed by atoms with Crippen LogP contribution in [0.2, 0.25) is 0 Å². The third-order valence-corrected chi connectivity index (χ3v) is 5.89. The first kappa shape index (κ1) is 24.9. The number of hydrogen-bond acceptors (Lipinski definition) is 6. The molecule has 1 amide bonds. The molecule has 0 spiro atoms. The molecule has 0 aromatic heterocycles. The van der Waals surface area contributed by atoms with Crippen molar-refractivity contribution >= 4 is 5.91 Å². The van der Waals surface area contributed by atoms with E-state index in [9.17, 15) is 4.79 Å². The molecule has 1 heterocycles. The standard InChI is InChI=1S/C26H36N2O5/c1-18-15-28(16-19(2)33-18)17-22-9-7-6-8-21(22)14-27-24(29)13-11-20-10-12-23(30-3)26(32-5)25(20)31-4/h6-10,12,18-19H,11,13-17H2,1-5H3,(H,27,29). The molecular weight excluding hydrogens is 420 g/mol. The second-order valence-corrected chi connectivity index (χ2v) is 8.49. The third kappa shape index (κ3) is 6.62. The number of morpholine rings is 1. The smallest absolute Gasteiger partial charge is 0.220 e. The summed E-state index contributed by atoms with van der Waals surface area (Å²) in [7, 11) is 4.75. The quantitative estimate of drug-likeness (QED) is 0.590. The summed E-state index contributed by atoms with van der Waals surface area (Å²) in [6, 6.07) is 12.0. The van der Waals surface area contributed by atoms with Crippen LogP contribution in [0.3, 0.4) is 0 Å². The molecule has 1 aliphatic heterocycles. The van der Waals surface area contributed by atoms with Crippen molar-refractivity contribution in [3.8, 4) is 17.2 Å². The number of hydrogen-bond donors (Lipinski definition) is 1. The van der Waals surface area contributed by atoms with E-state index in [2.05, 4.69) is 42.3 Å². The lowest BCUT2D eigenvalue weighted by atomic mass is 10.1. The summed E-state index contributed by atoms with van der Waals surface area (Å²) < 4.78 is 22.1. The van der Waals surface area contributed by atoms with Gasteiger partial charge < -0.3 is 24.3 Å². The average Bonchev–Trinajstić information content (AvgIpc) is 2.80. The molecule has 180 valence electrons. The van der Waals surface area contributed by atoms with Crippen LogP contribution in [0.5, 0.6) is 17.2 Å². The van der Waals surface area contributed by atoms with E-state index in [4.69, 9.17) is 18.9 Å². The van der Waals surface area contributed by atoms with Crippen LogP contribution < -0.4 is 19.5 Å². The van der Waals surface area contributed by atoms with Gasteiger partial charge in [0.2, 0.25) is 11.7 Å². The van der Waals surface area contributed by atoms with Crippen molar-refractivity contribution in [3.63, 3.8) is 0 Å². The summed E-state index contributed by atoms with van der Waals surface area (Å²) in [5, 5.41) is 3.07. The number of methoxy groups -OCH3 is 3. The number of ether oxygens (including phenoxy) is 4. The van der Waals surface area contributed by atoms with Crippen molar-refractivity contribution in [2.45, 2.75) is 52.0 Å². The Morgan fingerprint density at radius 1 is 0.939 bits per heavy atom. The summed E-state index contributed by atoms with van der Waals surface area (Å²) >= 11 is 0. The highest BCUT2D eigenvalue weighted by Crippen LogP contribution is 2.40. The first-order valence-electron chi connectivity index (χ1n) is 11.4. The van der Waals surface area contributed by atoms with Gasteiger partial charge in [0.15, 0.2) is 11.5 Å². The Labute approximate surface area is 197 Å². The molecule has 7 nitrogen and oxygen atoms in total. The zero-order valence-electron chi connectivity index (χ0n) is 20.3. The second-order valence-electron chi connectivity index (χ2n) is 8.49. The maximum absolute atomic E-state index is 12.6. The molecule has 2 unspecified atom stereocenters. The van der Waals surface area contributed by atoms with E-state index < -0.39 is 0 Å². The number of aryl methyl sites for hydroxylation is 1. The lowest BCUT2D eigenvalue weighted by molar-refractivity contribution is -0.121. The molecule has 1 N–H and O–H groups in total. The molecule has 33 heavy (non-hydrogen) atoms. The number of amides is 1. The van der Waals surface area contributed by atoms with Crippen LogP contribution in [-0.2, 0) is 29.0 Å². The van der Waals surface area contributed by atoms with Crippen LogP contribution in [0.15, 0.2) is 36.4 Å². The van der Waals surface area contributed by atoms with Crippen LogP contribution in [-0.4, -0.2) is 57.4 Å². The summed E-state index contributed by atoms with van der Waals surface area (Å²) in [6.07, 6.45) is 1.36. The maximum atomic E-state index is 12.6. The first-order valence-corrected chi connectivity index (χ1v) is 11.4. The van der Waals surface area contributed by atoms with Gasteiger partial charge in [-0.05, 0) is 43.0 Å². The predicted molar refractivity (Wildman–Crippen MR) is 128 cm³/mol. The minimum absolute atomic E-state index is 0.00439. The summed E-state index contributed by atoms with van der Waals surface area (Å²) in [5.74, 6) is 1.74. The van der Waals surface area contributed by atoms with E-state index in [0.717, 1.165) is 30.8 Å². The molecule has 0 aliphatic carbocycles. The van der Waals surface area contributed by atoms with Gasteiger partial charge in [-0.15, -0.1) is 0 Å². The summed E-state index contributed by atoms with van der Waals surface area (Å²) in [4.78, 5) is 15.0. The monoisotopic (exact) mass is 456 g/mol. The third-order valence-electron chi connectivity index (χ3n) is 5.89. The van der Waals surface area contributed by atoms with Crippen molar-refractivity contribution in [2.24, 2.45) is 0 Å². The van der Waals surface area contributed by atoms with Gasteiger partial charge in [0.1, 0.15) is 0 Å². The van der Waals surface area contributed by atoms with Crippen LogP contribution in [0.1, 0.15) is 37.0 Å². The number of nitrogens with zero attached hydrogens (tertiary/aromatic N) is 1. The van der Waals surface area contributed by atoms with Gasteiger partial charge in [0, 0.05) is 32.6 Å². The SMILES string of the molecule is COc1ccc(CCC(=O)NCc2ccccc2CN2CC(C)OC(C)C2)c(OC)c1OC. The highest BCUT2D eigenvalue weighted by atomic mass is 16.5. The lowest BCUT2D eigenvalue weighted by Crippen LogP contribution is -2.45. The van der Waals surface area contributed by atoms with Crippen molar-refractivity contribution in [3.05, 3.63) is 53.1 Å². The Balaban J connectivity index is 1.58. The molecule has 2 aromatic rings. The Hall–Kier alpha value is -2.77. The van der Waals surface area contributed by atoms with Gasteiger partial charge in [-0.25, -0.2) is 0 Å². The van der Waals surface area contributed by atoms with Crippen molar-refractivity contribution in [2.75, 3.05) is 34.4 Å². The van der Waals surface area contributed by atoms with E-state index in [1.807, 2.05) is 18.2 Å². The number of rotatable bonds is 10. The zero-order chi connectivity index (χ0) is 23.8. The lowest BCUT2D eigenvalue weighted by Gasteiger charge is -2.35. The maximum Gasteiger partial charge on any atom is 0.220 e. The van der Waals surface area contributed by atoms with Crippen molar-refractivity contribution in [1.82, 2.24) is 10.2 Å². The predicted octanol–water partition coefficient (Wildman–Crippen LogP) is 3.57. The minimum atomic E-state index is -0.00439. The summed E-state index contributed by atoms with van der Waals surface area (Å²) in [5.41, 5.74) is 3.28. The number of benzene rings is 2. The number of nitrogens with one attached hydrogen (secondary N) is 1. The van der Waals surface area contributed by atoms with Gasteiger partial charge in [-0.1, -0.05) is 30.3 Å². The number of carbonyl (C=O) groups is 1. The largest absolute Gasteiger partial charge is 0.493 e. The molecule has 7 heteroatoms. The van der Waals surface area contributed by atoms with Crippen molar-refractivity contribution in [1.29, 1.82) is 0 Å². The van der Waals surface area contributed by atoms with E-state index in [1.54, 1.807) is 21.3 Å². The fourth-order valence-corrected chi connectivity index (χ4v) is 4.43. The van der Waals surface area contributed by atoms with Crippen LogP contribution in [0.25, 0.3) is 0 Å². The second kappa shape index (κ2) is 11.9. The molecular formula is C26H36N2O5. The van der Waals surface area contributed by atoms with Gasteiger partial charge in [0.05, 0.1) is 33.5 Å². The molecule has 2 atom stereocenters. The van der Waals surface area contributed by atoms with Crippen LogP contribution >= 0.6 is 0 Å². The fraction of sp³-hybridized carbons (Fsp3) is 0.500. The topological polar surface area (TPSA) is 69.3 Å². The Morgan fingerprint density at radius 3 is 2.24 bits per heavy atom. The summed E-state index contributed by atoms with van der Waals surface area (Å²) in [6.45, 7) is 7.42. The minimum Gasteiger partial charge on any atom is -0.493 e. The highest BCUT2D eigenvalue weighted by Gasteiger charge is 2.23. The normalized spacial score (nSPS) is 18.6. The van der Waals surface area contributed by atoms with Gasteiger partial charge >= 0.3 is 0 Å². The first-order chi connectivity index (χ1) is 15.9. The van der Waals surface area contributed by atoms with E-state index >= 15 is 0 Å². The van der Waals surface area contributed by atoms with Gasteiger partial charge in [-0.2, -0.15) is 0 Å². The molecule has 3 rings (SSSR count). The number of carbonyl (C=O) groups excluding carboxylic acids is 1. The van der Waals surface area contributed by atoms with E-state index in [0.29, 0.717) is 36.6 Å². The Bertz CT molecular complexity index is 923. The molecule has 1 aliphatic rings.